The van der Waals surface area contributed by atoms with Crippen LogP contribution in [0.2, 0.25) is 0 Å². The second-order valence-electron chi connectivity index (χ2n) is 7.96. The molecule has 1 fully saturated rings. The quantitative estimate of drug-likeness (QED) is 0.719. The highest BCUT2D eigenvalue weighted by molar-refractivity contribution is 7.91. The Hall–Kier alpha value is -2.35. The Labute approximate surface area is 172 Å². The molecule has 1 amide bonds. The van der Waals surface area contributed by atoms with Crippen LogP contribution in [-0.2, 0) is 21.2 Å². The second-order valence-corrected chi connectivity index (χ2v) is 10.2. The monoisotopic (exact) mass is 419 g/mol. The molecule has 0 saturated carbocycles. The smallest absolute Gasteiger partial charge is 0.260 e. The van der Waals surface area contributed by atoms with Crippen molar-refractivity contribution in [2.75, 3.05) is 25.2 Å². The highest BCUT2D eigenvalue weighted by atomic mass is 32.2. The van der Waals surface area contributed by atoms with E-state index in [0.29, 0.717) is 13.0 Å². The molecule has 0 bridgehead atoms. The number of nitrogens with zero attached hydrogens (tertiary/aromatic N) is 3. The van der Waals surface area contributed by atoms with Gasteiger partial charge in [-0.3, -0.25) is 9.48 Å². The SMILES string of the molecule is Cc1ccc(C)c(OCC(=O)N(C)Cc2c(C)nn([C@@H]3CCS(=O)(=O)C3)c2C)c1. The summed E-state index contributed by atoms with van der Waals surface area (Å²) in [6.45, 7) is 8.14. The van der Waals surface area contributed by atoms with E-state index in [4.69, 9.17) is 4.74 Å². The molecule has 0 unspecified atom stereocenters. The van der Waals surface area contributed by atoms with Crippen LogP contribution in [0.25, 0.3) is 0 Å². The Morgan fingerprint density at radius 2 is 2.00 bits per heavy atom. The second kappa shape index (κ2) is 8.18. The molecule has 29 heavy (non-hydrogen) atoms. The minimum absolute atomic E-state index is 0.0338. The summed E-state index contributed by atoms with van der Waals surface area (Å²) in [6, 6.07) is 5.79. The van der Waals surface area contributed by atoms with Crippen LogP contribution in [0.3, 0.4) is 0 Å². The maximum absolute atomic E-state index is 12.6. The molecule has 0 spiro atoms. The van der Waals surface area contributed by atoms with Crippen molar-refractivity contribution in [3.63, 3.8) is 0 Å². The normalized spacial score (nSPS) is 18.0. The van der Waals surface area contributed by atoms with Crippen molar-refractivity contribution in [3.8, 4) is 5.75 Å². The van der Waals surface area contributed by atoms with Gasteiger partial charge in [0.1, 0.15) is 5.75 Å². The van der Waals surface area contributed by atoms with Crippen LogP contribution >= 0.6 is 0 Å². The van der Waals surface area contributed by atoms with Crippen molar-refractivity contribution in [2.45, 2.75) is 46.7 Å². The molecule has 0 aliphatic carbocycles. The number of ether oxygens (including phenoxy) is 1. The van der Waals surface area contributed by atoms with Crippen LogP contribution in [-0.4, -0.2) is 54.2 Å². The van der Waals surface area contributed by atoms with Gasteiger partial charge in [-0.1, -0.05) is 12.1 Å². The summed E-state index contributed by atoms with van der Waals surface area (Å²) in [6.07, 6.45) is 0.586. The minimum Gasteiger partial charge on any atom is -0.483 e. The zero-order chi connectivity index (χ0) is 21.3. The van der Waals surface area contributed by atoms with Gasteiger partial charge in [0.05, 0.1) is 23.2 Å². The zero-order valence-corrected chi connectivity index (χ0v) is 18.5. The van der Waals surface area contributed by atoms with E-state index < -0.39 is 9.84 Å². The molecule has 1 aliphatic rings. The van der Waals surface area contributed by atoms with Gasteiger partial charge in [-0.05, 0) is 51.3 Å². The van der Waals surface area contributed by atoms with Gasteiger partial charge in [0.25, 0.3) is 5.91 Å². The maximum atomic E-state index is 12.6. The van der Waals surface area contributed by atoms with Crippen LogP contribution in [0.4, 0.5) is 0 Å². The third-order valence-corrected chi connectivity index (χ3v) is 7.30. The fourth-order valence-corrected chi connectivity index (χ4v) is 5.38. The number of benzene rings is 1. The molecule has 0 N–H and O–H groups in total. The van der Waals surface area contributed by atoms with E-state index in [1.165, 1.54) is 0 Å². The third-order valence-electron chi connectivity index (χ3n) is 5.54. The Balaban J connectivity index is 1.66. The van der Waals surface area contributed by atoms with E-state index in [1.54, 1.807) is 11.9 Å². The van der Waals surface area contributed by atoms with Gasteiger partial charge >= 0.3 is 0 Å². The number of amides is 1. The highest BCUT2D eigenvalue weighted by Gasteiger charge is 2.31. The summed E-state index contributed by atoms with van der Waals surface area (Å²) < 4.78 is 31.2. The number of sulfone groups is 1. The van der Waals surface area contributed by atoms with E-state index in [-0.39, 0.29) is 30.1 Å². The van der Waals surface area contributed by atoms with Crippen LogP contribution in [0, 0.1) is 27.7 Å². The predicted molar refractivity (Wildman–Crippen MR) is 112 cm³/mol. The number of aryl methyl sites for hydroxylation is 3. The molecule has 158 valence electrons. The van der Waals surface area contributed by atoms with Crippen molar-refractivity contribution in [2.24, 2.45) is 0 Å². The molecule has 2 heterocycles. The molecular formula is C21H29N3O4S. The van der Waals surface area contributed by atoms with E-state index in [1.807, 2.05) is 50.6 Å². The summed E-state index contributed by atoms with van der Waals surface area (Å²) in [5.41, 5.74) is 4.77. The van der Waals surface area contributed by atoms with Gasteiger partial charge in [0.2, 0.25) is 0 Å². The highest BCUT2D eigenvalue weighted by Crippen LogP contribution is 2.27. The number of carbonyl (C=O) groups is 1. The van der Waals surface area contributed by atoms with Crippen LogP contribution in [0.15, 0.2) is 18.2 Å². The molecule has 1 aromatic heterocycles. The first-order chi connectivity index (χ1) is 13.6. The molecule has 1 aromatic carbocycles. The summed E-state index contributed by atoms with van der Waals surface area (Å²) in [4.78, 5) is 14.2. The lowest BCUT2D eigenvalue weighted by atomic mass is 10.1. The first-order valence-corrected chi connectivity index (χ1v) is 11.6. The van der Waals surface area contributed by atoms with Crippen molar-refractivity contribution in [3.05, 3.63) is 46.3 Å². The number of likely N-dealkylation sites (N-methyl/N-ethyl adjacent to an activating group) is 1. The molecule has 1 aliphatic heterocycles. The standard InChI is InChI=1S/C21H29N3O4S/c1-14-6-7-15(2)20(10-14)28-12-21(25)23(5)11-19-16(3)22-24(17(19)4)18-8-9-29(26,27)13-18/h6-7,10,18H,8-9,11-13H2,1-5H3/t18-/m1/s1. The number of rotatable bonds is 6. The lowest BCUT2D eigenvalue weighted by Crippen LogP contribution is -2.31. The van der Waals surface area contributed by atoms with Crippen molar-refractivity contribution in [1.29, 1.82) is 0 Å². The summed E-state index contributed by atoms with van der Waals surface area (Å²) in [5, 5.41) is 4.57. The van der Waals surface area contributed by atoms with Crippen molar-refractivity contribution in [1.82, 2.24) is 14.7 Å². The van der Waals surface area contributed by atoms with Crippen LogP contribution < -0.4 is 4.74 Å². The molecule has 7 nitrogen and oxygen atoms in total. The van der Waals surface area contributed by atoms with Gasteiger partial charge in [0.15, 0.2) is 16.4 Å². The lowest BCUT2D eigenvalue weighted by Gasteiger charge is -2.19. The summed E-state index contributed by atoms with van der Waals surface area (Å²) in [5.74, 6) is 0.932. The van der Waals surface area contributed by atoms with Crippen molar-refractivity contribution >= 4 is 15.7 Å². The van der Waals surface area contributed by atoms with Gasteiger partial charge in [-0.2, -0.15) is 5.10 Å². The zero-order valence-electron chi connectivity index (χ0n) is 17.7. The largest absolute Gasteiger partial charge is 0.483 e. The van der Waals surface area contributed by atoms with Gasteiger partial charge in [-0.15, -0.1) is 0 Å². The fourth-order valence-electron chi connectivity index (χ4n) is 3.69. The predicted octanol–water partition coefficient (Wildman–Crippen LogP) is 2.51. The van der Waals surface area contributed by atoms with Gasteiger partial charge in [0, 0.05) is 24.8 Å². The fraction of sp³-hybridized carbons (Fsp3) is 0.524. The Kier molecular flexibility index (Phi) is 6.03. The average Bonchev–Trinajstić information content (AvgIpc) is 3.15. The van der Waals surface area contributed by atoms with E-state index >= 15 is 0 Å². The molecule has 2 aromatic rings. The van der Waals surface area contributed by atoms with E-state index in [2.05, 4.69) is 5.10 Å². The number of hydrogen-bond acceptors (Lipinski definition) is 5. The van der Waals surface area contributed by atoms with E-state index in [0.717, 1.165) is 33.8 Å². The topological polar surface area (TPSA) is 81.5 Å². The first kappa shape index (κ1) is 21.4. The molecule has 8 heteroatoms. The number of aromatic nitrogens is 2. The first-order valence-electron chi connectivity index (χ1n) is 9.76. The maximum Gasteiger partial charge on any atom is 0.260 e. The van der Waals surface area contributed by atoms with Gasteiger partial charge < -0.3 is 9.64 Å². The minimum atomic E-state index is -2.98. The Morgan fingerprint density at radius 1 is 1.28 bits per heavy atom. The van der Waals surface area contributed by atoms with E-state index in [9.17, 15) is 13.2 Å². The van der Waals surface area contributed by atoms with Gasteiger partial charge in [-0.25, -0.2) is 8.42 Å². The molecule has 0 radical (unpaired) electrons. The molecule has 3 rings (SSSR count). The van der Waals surface area contributed by atoms with Crippen molar-refractivity contribution < 1.29 is 17.9 Å². The molecule has 1 saturated heterocycles. The third kappa shape index (κ3) is 4.80. The molecular weight excluding hydrogens is 390 g/mol. The number of hydrogen-bond donors (Lipinski definition) is 0. The lowest BCUT2D eigenvalue weighted by molar-refractivity contribution is -0.132. The Morgan fingerprint density at radius 3 is 2.66 bits per heavy atom. The number of carbonyl (C=O) groups excluding carboxylic acids is 1. The summed E-state index contributed by atoms with van der Waals surface area (Å²) >= 11 is 0. The van der Waals surface area contributed by atoms with Crippen LogP contribution in [0.1, 0.15) is 40.5 Å². The summed E-state index contributed by atoms with van der Waals surface area (Å²) in [7, 11) is -1.24. The van der Waals surface area contributed by atoms with Crippen LogP contribution in [0.5, 0.6) is 5.75 Å². The Bertz CT molecular complexity index is 1030. The molecule has 1 atom stereocenters. The average molecular weight is 420 g/mol.